The number of ether oxygens (including phenoxy) is 1. The van der Waals surface area contributed by atoms with Crippen LogP contribution >= 0.6 is 15.9 Å². The Balaban J connectivity index is 1.99. The second kappa shape index (κ2) is 7.25. The molecule has 31 heavy (non-hydrogen) atoms. The zero-order chi connectivity index (χ0) is 21.9. The van der Waals surface area contributed by atoms with Gasteiger partial charge in [0.2, 0.25) is 0 Å². The second-order valence-electron chi connectivity index (χ2n) is 7.60. The number of nitrogens with zero attached hydrogens (tertiary/aromatic N) is 3. The lowest BCUT2D eigenvalue weighted by molar-refractivity contribution is 0.0464. The molecule has 0 amide bonds. The van der Waals surface area contributed by atoms with Gasteiger partial charge in [-0.15, -0.1) is 0 Å². The van der Waals surface area contributed by atoms with Crippen molar-refractivity contribution < 1.29 is 9.84 Å². The number of hydrogen-bond acceptors (Lipinski definition) is 4. The van der Waals surface area contributed by atoms with Crippen LogP contribution in [0.4, 0.5) is 0 Å². The van der Waals surface area contributed by atoms with Gasteiger partial charge in [-0.25, -0.2) is 4.79 Å². The van der Waals surface area contributed by atoms with Crippen LogP contribution in [0.1, 0.15) is 17.4 Å². The fraction of sp³-hybridized carbons (Fsp3) is 0.217. The van der Waals surface area contributed by atoms with E-state index in [0.29, 0.717) is 35.3 Å². The summed E-state index contributed by atoms with van der Waals surface area (Å²) < 4.78 is 11.6. The van der Waals surface area contributed by atoms with Crippen molar-refractivity contribution in [2.45, 2.75) is 12.6 Å². The summed E-state index contributed by atoms with van der Waals surface area (Å²) in [7, 11) is 3.15. The van der Waals surface area contributed by atoms with Crippen LogP contribution in [0, 0.1) is 0 Å². The molecular formula is C23H20BrN3O4. The van der Waals surface area contributed by atoms with E-state index in [1.807, 2.05) is 34.9 Å². The Kier molecular flexibility index (Phi) is 4.64. The van der Waals surface area contributed by atoms with Gasteiger partial charge in [-0.3, -0.25) is 13.9 Å². The normalized spacial score (nSPS) is 15.9. The number of rotatable bonds is 2. The van der Waals surface area contributed by atoms with E-state index in [9.17, 15) is 14.7 Å². The molecule has 158 valence electrons. The number of aromatic hydroxyl groups is 1. The standard InChI is InChI=1S/C23H20BrN3O4/c1-25-19-17(22(29)26(2)23(25)30)18(13-7-3-5-9-15(13)24)27-11-12-31-21(20(19)27)14-8-4-6-10-16(14)28/h3-10,21,28H,11-12H2,1-2H3. The molecule has 0 saturated heterocycles. The third-order valence-corrected chi connectivity index (χ3v) is 6.59. The Labute approximate surface area is 185 Å². The average Bonchev–Trinajstić information content (AvgIpc) is 3.12. The highest BCUT2D eigenvalue weighted by Gasteiger charge is 2.34. The Morgan fingerprint density at radius 1 is 1.03 bits per heavy atom. The molecule has 0 aliphatic carbocycles. The zero-order valence-electron chi connectivity index (χ0n) is 17.0. The third kappa shape index (κ3) is 2.82. The Hall–Kier alpha value is -3.10. The van der Waals surface area contributed by atoms with Crippen molar-refractivity contribution in [3.8, 4) is 17.0 Å². The number of halogens is 1. The van der Waals surface area contributed by atoms with E-state index < -0.39 is 11.8 Å². The van der Waals surface area contributed by atoms with Crippen molar-refractivity contribution in [2.75, 3.05) is 6.61 Å². The molecule has 0 saturated carbocycles. The number of fused-ring (bicyclic) bond motifs is 3. The first-order valence-electron chi connectivity index (χ1n) is 9.88. The van der Waals surface area contributed by atoms with E-state index in [1.54, 1.807) is 25.2 Å². The number of phenols is 1. The minimum Gasteiger partial charge on any atom is -0.508 e. The number of para-hydroxylation sites is 1. The lowest BCUT2D eigenvalue weighted by Gasteiger charge is -2.28. The number of aryl methyl sites for hydroxylation is 1. The first kappa shape index (κ1) is 19.8. The van der Waals surface area contributed by atoms with Crippen molar-refractivity contribution in [1.82, 2.24) is 13.7 Å². The van der Waals surface area contributed by atoms with E-state index >= 15 is 0 Å². The molecule has 2 aromatic carbocycles. The SMILES string of the molecule is Cn1c(=O)c2c(-c3ccccc3Br)n3c(c2n(C)c1=O)C(c1ccccc1O)OCC3. The molecule has 4 aromatic rings. The van der Waals surface area contributed by atoms with Gasteiger partial charge in [0.15, 0.2) is 0 Å². The Bertz CT molecular complexity index is 1460. The zero-order valence-corrected chi connectivity index (χ0v) is 18.6. The molecule has 0 spiro atoms. The topological polar surface area (TPSA) is 78.4 Å². The number of phenolic OH excluding ortho intramolecular Hbond substituents is 1. The molecule has 1 atom stereocenters. The van der Waals surface area contributed by atoms with Gasteiger partial charge >= 0.3 is 5.69 Å². The summed E-state index contributed by atoms with van der Waals surface area (Å²) in [5.74, 6) is 0.103. The van der Waals surface area contributed by atoms with Gasteiger partial charge in [-0.2, -0.15) is 0 Å². The fourth-order valence-corrected chi connectivity index (χ4v) is 4.93. The molecule has 1 unspecified atom stereocenters. The molecular weight excluding hydrogens is 462 g/mol. The monoisotopic (exact) mass is 481 g/mol. The molecule has 2 aromatic heterocycles. The van der Waals surface area contributed by atoms with Crippen LogP contribution in [0.3, 0.4) is 0 Å². The van der Waals surface area contributed by atoms with Gasteiger partial charge in [0, 0.05) is 36.2 Å². The van der Waals surface area contributed by atoms with Crippen molar-refractivity contribution in [3.63, 3.8) is 0 Å². The first-order chi connectivity index (χ1) is 14.9. The van der Waals surface area contributed by atoms with E-state index in [4.69, 9.17) is 4.74 Å². The summed E-state index contributed by atoms with van der Waals surface area (Å²) in [5.41, 5.74) is 2.62. The van der Waals surface area contributed by atoms with Gasteiger partial charge in [0.25, 0.3) is 5.56 Å². The van der Waals surface area contributed by atoms with E-state index in [0.717, 1.165) is 20.3 Å². The van der Waals surface area contributed by atoms with Crippen LogP contribution in [0.2, 0.25) is 0 Å². The maximum Gasteiger partial charge on any atom is 0.331 e. The predicted octanol–water partition coefficient (Wildman–Crippen LogP) is 3.29. The summed E-state index contributed by atoms with van der Waals surface area (Å²) >= 11 is 3.62. The molecule has 8 heteroatoms. The molecule has 1 aliphatic heterocycles. The van der Waals surface area contributed by atoms with Crippen molar-refractivity contribution in [3.05, 3.63) is 85.1 Å². The minimum absolute atomic E-state index is 0.103. The Morgan fingerprint density at radius 3 is 2.48 bits per heavy atom. The predicted molar refractivity (Wildman–Crippen MR) is 121 cm³/mol. The Morgan fingerprint density at radius 2 is 1.74 bits per heavy atom. The van der Waals surface area contributed by atoms with Crippen molar-refractivity contribution in [1.29, 1.82) is 0 Å². The van der Waals surface area contributed by atoms with Gasteiger partial charge < -0.3 is 14.4 Å². The lowest BCUT2D eigenvalue weighted by Crippen LogP contribution is -2.37. The van der Waals surface area contributed by atoms with E-state index in [-0.39, 0.29) is 11.3 Å². The van der Waals surface area contributed by atoms with Crippen LogP contribution in [0.15, 0.2) is 62.6 Å². The third-order valence-electron chi connectivity index (χ3n) is 5.90. The largest absolute Gasteiger partial charge is 0.508 e. The molecule has 5 rings (SSSR count). The maximum absolute atomic E-state index is 13.4. The minimum atomic E-state index is -0.619. The summed E-state index contributed by atoms with van der Waals surface area (Å²) in [4.78, 5) is 26.2. The lowest BCUT2D eigenvalue weighted by atomic mass is 10.0. The van der Waals surface area contributed by atoms with Crippen LogP contribution in [0.25, 0.3) is 22.2 Å². The summed E-state index contributed by atoms with van der Waals surface area (Å²) in [6.45, 7) is 0.917. The van der Waals surface area contributed by atoms with Gasteiger partial charge in [-0.1, -0.05) is 52.3 Å². The summed E-state index contributed by atoms with van der Waals surface area (Å²) in [6, 6.07) is 14.7. The highest BCUT2D eigenvalue weighted by Crippen LogP contribution is 2.43. The smallest absolute Gasteiger partial charge is 0.331 e. The van der Waals surface area contributed by atoms with Gasteiger partial charge in [0.1, 0.15) is 11.9 Å². The fourth-order valence-electron chi connectivity index (χ4n) is 4.46. The summed E-state index contributed by atoms with van der Waals surface area (Å²) in [5, 5.41) is 11.0. The molecule has 1 N–H and O–H groups in total. The van der Waals surface area contributed by atoms with E-state index in [1.165, 1.54) is 11.6 Å². The van der Waals surface area contributed by atoms with Gasteiger partial charge in [0.05, 0.1) is 28.9 Å². The molecule has 0 fully saturated rings. The highest BCUT2D eigenvalue weighted by atomic mass is 79.9. The maximum atomic E-state index is 13.4. The first-order valence-corrected chi connectivity index (χ1v) is 10.7. The molecule has 0 bridgehead atoms. The van der Waals surface area contributed by atoms with Crippen LogP contribution in [-0.2, 0) is 25.4 Å². The number of hydrogen-bond donors (Lipinski definition) is 1. The second-order valence-corrected chi connectivity index (χ2v) is 8.46. The highest BCUT2D eigenvalue weighted by molar-refractivity contribution is 9.10. The molecule has 0 radical (unpaired) electrons. The number of benzene rings is 2. The molecule has 3 heterocycles. The van der Waals surface area contributed by atoms with Crippen molar-refractivity contribution >= 4 is 26.8 Å². The van der Waals surface area contributed by atoms with Crippen LogP contribution in [-0.4, -0.2) is 25.4 Å². The van der Waals surface area contributed by atoms with E-state index in [2.05, 4.69) is 15.9 Å². The molecule has 7 nitrogen and oxygen atoms in total. The summed E-state index contributed by atoms with van der Waals surface area (Å²) in [6.07, 6.45) is -0.619. The average molecular weight is 482 g/mol. The van der Waals surface area contributed by atoms with Crippen LogP contribution in [0.5, 0.6) is 5.75 Å². The van der Waals surface area contributed by atoms with Gasteiger partial charge in [-0.05, 0) is 12.1 Å². The number of aromatic nitrogens is 3. The quantitative estimate of drug-likeness (QED) is 0.476. The van der Waals surface area contributed by atoms with Crippen molar-refractivity contribution in [2.24, 2.45) is 14.1 Å². The van der Waals surface area contributed by atoms with Crippen LogP contribution < -0.4 is 11.2 Å². The molecule has 1 aliphatic rings.